The van der Waals surface area contributed by atoms with E-state index in [1.54, 1.807) is 23.7 Å². The van der Waals surface area contributed by atoms with Gasteiger partial charge >= 0.3 is 0 Å². The van der Waals surface area contributed by atoms with Crippen molar-refractivity contribution in [3.8, 4) is 0 Å². The van der Waals surface area contributed by atoms with E-state index in [9.17, 15) is 4.79 Å². The molecule has 0 fully saturated rings. The zero-order chi connectivity index (χ0) is 11.4. The summed E-state index contributed by atoms with van der Waals surface area (Å²) < 4.78 is 1.57. The van der Waals surface area contributed by atoms with E-state index < -0.39 is 0 Å². The normalized spacial score (nSPS) is 10.7. The van der Waals surface area contributed by atoms with E-state index in [1.165, 1.54) is 0 Å². The summed E-state index contributed by atoms with van der Waals surface area (Å²) >= 11 is 0. The number of nitrogens with zero attached hydrogens (tertiary/aromatic N) is 5. The molecule has 0 saturated heterocycles. The van der Waals surface area contributed by atoms with Gasteiger partial charge in [0.1, 0.15) is 0 Å². The van der Waals surface area contributed by atoms with E-state index in [2.05, 4.69) is 15.5 Å². The number of rotatable bonds is 4. The fourth-order valence-corrected chi connectivity index (χ4v) is 1.19. The molecule has 84 valence electrons. The van der Waals surface area contributed by atoms with Crippen molar-refractivity contribution >= 4 is 5.91 Å². The van der Waals surface area contributed by atoms with Crippen molar-refractivity contribution in [3.63, 3.8) is 0 Å². The Morgan fingerprint density at radius 2 is 2.20 bits per heavy atom. The topological polar surface area (TPSA) is 63.9 Å². The first-order valence-corrected chi connectivity index (χ1v) is 4.96. The summed E-state index contributed by atoms with van der Waals surface area (Å²) in [5.41, 5.74) is 0. The van der Waals surface area contributed by atoms with Crippen LogP contribution in [-0.4, -0.2) is 38.1 Å². The van der Waals surface area contributed by atoms with Crippen LogP contribution >= 0.6 is 0 Å². The molecular weight excluding hydrogens is 194 g/mol. The minimum absolute atomic E-state index is 0.119. The zero-order valence-electron chi connectivity index (χ0n) is 9.64. The Balaban J connectivity index is 2.52. The lowest BCUT2D eigenvalue weighted by Gasteiger charge is -2.17. The van der Waals surface area contributed by atoms with Crippen molar-refractivity contribution in [2.75, 3.05) is 7.05 Å². The van der Waals surface area contributed by atoms with E-state index in [0.717, 1.165) is 0 Å². The molecule has 0 atom stereocenters. The predicted octanol–water partition coefficient (Wildman–Crippen LogP) is 0.215. The smallest absolute Gasteiger partial charge is 0.222 e. The SMILES string of the molecule is CC(C)CC(=O)N(C)Cc1nnnn1C. The highest BCUT2D eigenvalue weighted by atomic mass is 16.2. The van der Waals surface area contributed by atoms with E-state index >= 15 is 0 Å². The van der Waals surface area contributed by atoms with E-state index in [-0.39, 0.29) is 5.91 Å². The first kappa shape index (κ1) is 11.6. The molecule has 0 aliphatic carbocycles. The maximum Gasteiger partial charge on any atom is 0.222 e. The summed E-state index contributed by atoms with van der Waals surface area (Å²) in [4.78, 5) is 13.3. The molecule has 1 amide bonds. The molecule has 1 heterocycles. The lowest BCUT2D eigenvalue weighted by molar-refractivity contribution is -0.131. The van der Waals surface area contributed by atoms with Crippen LogP contribution in [-0.2, 0) is 18.4 Å². The molecule has 6 nitrogen and oxygen atoms in total. The first-order valence-electron chi connectivity index (χ1n) is 4.96. The Labute approximate surface area is 89.3 Å². The number of carbonyl (C=O) groups excluding carboxylic acids is 1. The van der Waals surface area contributed by atoms with Crippen LogP contribution < -0.4 is 0 Å². The fourth-order valence-electron chi connectivity index (χ4n) is 1.19. The number of hydrogen-bond acceptors (Lipinski definition) is 4. The van der Waals surface area contributed by atoms with Gasteiger partial charge in [-0.05, 0) is 16.3 Å². The number of carbonyl (C=O) groups is 1. The summed E-state index contributed by atoms with van der Waals surface area (Å²) in [6, 6.07) is 0. The maximum atomic E-state index is 11.6. The van der Waals surface area contributed by atoms with Crippen LogP contribution in [0.4, 0.5) is 0 Å². The third kappa shape index (κ3) is 3.30. The average molecular weight is 211 g/mol. The van der Waals surface area contributed by atoms with Crippen LogP contribution in [0, 0.1) is 5.92 Å². The van der Waals surface area contributed by atoms with Crippen molar-refractivity contribution in [1.29, 1.82) is 0 Å². The molecule has 0 saturated carbocycles. The molecule has 0 aromatic carbocycles. The molecule has 0 bridgehead atoms. The highest BCUT2D eigenvalue weighted by Gasteiger charge is 2.13. The highest BCUT2D eigenvalue weighted by molar-refractivity contribution is 5.75. The van der Waals surface area contributed by atoms with Gasteiger partial charge in [0, 0.05) is 20.5 Å². The number of tetrazole rings is 1. The number of hydrogen-bond donors (Lipinski definition) is 0. The average Bonchev–Trinajstić information content (AvgIpc) is 2.50. The van der Waals surface area contributed by atoms with Gasteiger partial charge in [-0.3, -0.25) is 4.79 Å². The van der Waals surface area contributed by atoms with Crippen LogP contribution in [0.15, 0.2) is 0 Å². The number of aryl methyl sites for hydroxylation is 1. The monoisotopic (exact) mass is 211 g/mol. The molecule has 1 rings (SSSR count). The lowest BCUT2D eigenvalue weighted by Crippen LogP contribution is -2.28. The van der Waals surface area contributed by atoms with E-state index in [0.29, 0.717) is 24.7 Å². The standard InChI is InChI=1S/C9H17N5O/c1-7(2)5-9(15)13(3)6-8-10-11-12-14(8)4/h7H,5-6H2,1-4H3. The van der Waals surface area contributed by atoms with Gasteiger partial charge in [-0.1, -0.05) is 13.8 Å². The van der Waals surface area contributed by atoms with E-state index in [1.807, 2.05) is 13.8 Å². The molecule has 0 radical (unpaired) electrons. The molecule has 1 aromatic heterocycles. The third-order valence-corrected chi connectivity index (χ3v) is 2.10. The van der Waals surface area contributed by atoms with Crippen LogP contribution in [0.2, 0.25) is 0 Å². The number of aromatic nitrogens is 4. The summed E-state index contributed by atoms with van der Waals surface area (Å²) in [6.45, 7) is 4.50. The Morgan fingerprint density at radius 3 is 2.67 bits per heavy atom. The van der Waals surface area contributed by atoms with Gasteiger partial charge in [-0.15, -0.1) is 5.10 Å². The second kappa shape index (κ2) is 4.86. The molecule has 0 N–H and O–H groups in total. The molecule has 0 spiro atoms. The minimum atomic E-state index is 0.119. The van der Waals surface area contributed by atoms with Gasteiger partial charge in [0.05, 0.1) is 6.54 Å². The number of amides is 1. The summed E-state index contributed by atoms with van der Waals surface area (Å²) in [5.74, 6) is 1.18. The van der Waals surface area contributed by atoms with Crippen molar-refractivity contribution in [3.05, 3.63) is 5.82 Å². The van der Waals surface area contributed by atoms with E-state index in [4.69, 9.17) is 0 Å². The highest BCUT2D eigenvalue weighted by Crippen LogP contribution is 2.05. The second-order valence-corrected chi connectivity index (χ2v) is 4.07. The Kier molecular flexibility index (Phi) is 3.76. The lowest BCUT2D eigenvalue weighted by atomic mass is 10.1. The predicted molar refractivity (Wildman–Crippen MR) is 54.7 cm³/mol. The Bertz CT molecular complexity index is 333. The van der Waals surface area contributed by atoms with Crippen molar-refractivity contribution in [1.82, 2.24) is 25.1 Å². The van der Waals surface area contributed by atoms with Crippen molar-refractivity contribution < 1.29 is 4.79 Å². The fraction of sp³-hybridized carbons (Fsp3) is 0.778. The minimum Gasteiger partial charge on any atom is -0.338 e. The zero-order valence-corrected chi connectivity index (χ0v) is 9.64. The van der Waals surface area contributed by atoms with Crippen LogP contribution in [0.1, 0.15) is 26.1 Å². The molecule has 6 heteroatoms. The Hall–Kier alpha value is -1.46. The molecule has 1 aromatic rings. The van der Waals surface area contributed by atoms with Gasteiger partial charge in [-0.25, -0.2) is 4.68 Å². The van der Waals surface area contributed by atoms with Crippen LogP contribution in [0.5, 0.6) is 0 Å². The molecule has 0 aliphatic rings. The first-order chi connectivity index (χ1) is 7.00. The van der Waals surface area contributed by atoms with Gasteiger partial charge in [-0.2, -0.15) is 0 Å². The summed E-state index contributed by atoms with van der Waals surface area (Å²) in [6.07, 6.45) is 0.557. The molecule has 0 unspecified atom stereocenters. The van der Waals surface area contributed by atoms with Crippen LogP contribution in [0.3, 0.4) is 0 Å². The second-order valence-electron chi connectivity index (χ2n) is 4.07. The molecular formula is C9H17N5O. The Morgan fingerprint density at radius 1 is 1.53 bits per heavy atom. The maximum absolute atomic E-state index is 11.6. The largest absolute Gasteiger partial charge is 0.338 e. The van der Waals surface area contributed by atoms with Crippen molar-refractivity contribution in [2.24, 2.45) is 13.0 Å². The summed E-state index contributed by atoms with van der Waals surface area (Å²) in [7, 11) is 3.52. The molecule has 0 aliphatic heterocycles. The quantitative estimate of drug-likeness (QED) is 0.714. The van der Waals surface area contributed by atoms with Gasteiger partial charge < -0.3 is 4.90 Å². The molecule has 15 heavy (non-hydrogen) atoms. The van der Waals surface area contributed by atoms with Gasteiger partial charge in [0.15, 0.2) is 5.82 Å². The van der Waals surface area contributed by atoms with Crippen molar-refractivity contribution in [2.45, 2.75) is 26.8 Å². The van der Waals surface area contributed by atoms with Gasteiger partial charge in [0.2, 0.25) is 5.91 Å². The van der Waals surface area contributed by atoms with Crippen LogP contribution in [0.25, 0.3) is 0 Å². The third-order valence-electron chi connectivity index (χ3n) is 2.10. The summed E-state index contributed by atoms with van der Waals surface area (Å²) in [5, 5.41) is 11.1. The van der Waals surface area contributed by atoms with Gasteiger partial charge in [0.25, 0.3) is 0 Å².